The Morgan fingerprint density at radius 3 is 2.58 bits per heavy atom. The molecule has 0 atom stereocenters. The van der Waals surface area contributed by atoms with Crippen molar-refractivity contribution in [3.05, 3.63) is 54.0 Å². The van der Waals surface area contributed by atoms with Crippen molar-refractivity contribution in [3.63, 3.8) is 0 Å². The number of furan rings is 1. The molecule has 0 amide bonds. The van der Waals surface area contributed by atoms with Gasteiger partial charge in [0, 0.05) is 58.9 Å². The summed E-state index contributed by atoms with van der Waals surface area (Å²) in [6.45, 7) is 5.71. The van der Waals surface area contributed by atoms with Crippen LogP contribution in [0.2, 0.25) is 0 Å². The standard InChI is InChI=1S/C25H38N4O3.HI/c1-30-19-4-16-29-17-12-22(13-18-29)28-25(27-15-11-24-5-3-20-32-24)26-14-10-21-6-8-23(31-2)9-7-21;/h3,5-9,20,22H,4,10-19H2,1-2H3,(H2,26,27,28);1H. The fraction of sp³-hybridized carbons (Fsp3) is 0.560. The molecule has 1 aromatic heterocycles. The van der Waals surface area contributed by atoms with Gasteiger partial charge < -0.3 is 29.4 Å². The van der Waals surface area contributed by atoms with Crippen LogP contribution in [0.5, 0.6) is 5.75 Å². The molecule has 8 heteroatoms. The van der Waals surface area contributed by atoms with Gasteiger partial charge in [-0.25, -0.2) is 0 Å². The first-order valence-corrected chi connectivity index (χ1v) is 11.7. The van der Waals surface area contributed by atoms with E-state index < -0.39 is 0 Å². The van der Waals surface area contributed by atoms with Crippen molar-refractivity contribution >= 4 is 29.9 Å². The Morgan fingerprint density at radius 1 is 1.12 bits per heavy atom. The highest BCUT2D eigenvalue weighted by molar-refractivity contribution is 14.0. The normalized spacial score (nSPS) is 15.2. The number of aliphatic imine (C=N–C) groups is 1. The molecule has 1 fully saturated rings. The summed E-state index contributed by atoms with van der Waals surface area (Å²) in [4.78, 5) is 7.35. The van der Waals surface area contributed by atoms with Gasteiger partial charge in [0.1, 0.15) is 11.5 Å². The van der Waals surface area contributed by atoms with Crippen LogP contribution in [0.4, 0.5) is 0 Å². The van der Waals surface area contributed by atoms with Crippen molar-refractivity contribution in [1.82, 2.24) is 15.5 Å². The van der Waals surface area contributed by atoms with E-state index in [1.165, 1.54) is 5.56 Å². The fourth-order valence-electron chi connectivity index (χ4n) is 3.93. The summed E-state index contributed by atoms with van der Waals surface area (Å²) in [5.74, 6) is 2.75. The van der Waals surface area contributed by atoms with Gasteiger partial charge in [0.25, 0.3) is 0 Å². The Balaban J connectivity index is 0.00000385. The maximum absolute atomic E-state index is 5.44. The van der Waals surface area contributed by atoms with Crippen molar-refractivity contribution in [2.75, 3.05) is 53.6 Å². The molecule has 0 bridgehead atoms. The second-order valence-corrected chi connectivity index (χ2v) is 8.19. The molecule has 1 saturated heterocycles. The predicted molar refractivity (Wildman–Crippen MR) is 144 cm³/mol. The van der Waals surface area contributed by atoms with Crippen molar-refractivity contribution in [2.24, 2.45) is 4.99 Å². The van der Waals surface area contributed by atoms with E-state index >= 15 is 0 Å². The zero-order valence-electron chi connectivity index (χ0n) is 19.9. The molecule has 1 aliphatic heterocycles. The molecule has 0 spiro atoms. The summed E-state index contributed by atoms with van der Waals surface area (Å²) in [6, 6.07) is 12.6. The summed E-state index contributed by atoms with van der Waals surface area (Å²) >= 11 is 0. The molecular weight excluding hydrogens is 531 g/mol. The molecule has 184 valence electrons. The minimum absolute atomic E-state index is 0. The minimum Gasteiger partial charge on any atom is -0.497 e. The molecule has 2 heterocycles. The Morgan fingerprint density at radius 2 is 1.91 bits per heavy atom. The van der Waals surface area contributed by atoms with E-state index in [0.717, 1.165) is 82.4 Å². The number of rotatable bonds is 12. The number of hydrogen-bond acceptors (Lipinski definition) is 5. The maximum Gasteiger partial charge on any atom is 0.191 e. The lowest BCUT2D eigenvalue weighted by atomic mass is 10.1. The maximum atomic E-state index is 5.44. The third-order valence-electron chi connectivity index (χ3n) is 5.82. The number of ether oxygens (including phenoxy) is 2. The quantitative estimate of drug-likeness (QED) is 0.176. The lowest BCUT2D eigenvalue weighted by Crippen LogP contribution is -2.49. The number of guanidine groups is 1. The number of hydrogen-bond donors (Lipinski definition) is 2. The second kappa shape index (κ2) is 16.0. The predicted octanol–water partition coefficient (Wildman–Crippen LogP) is 3.73. The van der Waals surface area contributed by atoms with Gasteiger partial charge in [0.05, 0.1) is 13.4 Å². The molecule has 2 aromatic rings. The first-order chi connectivity index (χ1) is 15.8. The van der Waals surface area contributed by atoms with Crippen LogP contribution in [0.3, 0.4) is 0 Å². The second-order valence-electron chi connectivity index (χ2n) is 8.19. The molecule has 1 aliphatic rings. The number of nitrogens with zero attached hydrogens (tertiary/aromatic N) is 2. The first kappa shape index (κ1) is 27.5. The van der Waals surface area contributed by atoms with Crippen LogP contribution in [-0.2, 0) is 17.6 Å². The molecular formula is C25H39IN4O3. The summed E-state index contributed by atoms with van der Waals surface area (Å²) in [6.07, 6.45) is 6.80. The van der Waals surface area contributed by atoms with E-state index in [9.17, 15) is 0 Å². The Hall–Kier alpha value is -1.78. The summed E-state index contributed by atoms with van der Waals surface area (Å²) in [5, 5.41) is 7.19. The van der Waals surface area contributed by atoms with E-state index in [-0.39, 0.29) is 24.0 Å². The third kappa shape index (κ3) is 10.4. The number of nitrogens with one attached hydrogen (secondary N) is 2. The highest BCUT2D eigenvalue weighted by Crippen LogP contribution is 2.12. The van der Waals surface area contributed by atoms with Gasteiger partial charge in [-0.2, -0.15) is 0 Å². The average Bonchev–Trinajstić information content (AvgIpc) is 3.34. The Bertz CT molecular complexity index is 775. The fourth-order valence-corrected chi connectivity index (χ4v) is 3.93. The van der Waals surface area contributed by atoms with Crippen molar-refractivity contribution < 1.29 is 13.9 Å². The molecule has 0 aliphatic carbocycles. The molecule has 0 radical (unpaired) electrons. The van der Waals surface area contributed by atoms with Gasteiger partial charge in [0.15, 0.2) is 5.96 Å². The van der Waals surface area contributed by atoms with Crippen LogP contribution in [0.1, 0.15) is 30.6 Å². The molecule has 0 saturated carbocycles. The lowest BCUT2D eigenvalue weighted by Gasteiger charge is -2.33. The van der Waals surface area contributed by atoms with Crippen molar-refractivity contribution in [3.8, 4) is 5.75 Å². The SMILES string of the molecule is COCCCN1CCC(NC(=NCCc2ccco2)NCCc2ccc(OC)cc2)CC1.I. The number of likely N-dealkylation sites (tertiary alicyclic amines) is 1. The van der Waals surface area contributed by atoms with Gasteiger partial charge in [-0.15, -0.1) is 24.0 Å². The zero-order valence-corrected chi connectivity index (χ0v) is 22.3. The summed E-state index contributed by atoms with van der Waals surface area (Å²) in [7, 11) is 3.46. The molecule has 2 N–H and O–H groups in total. The largest absolute Gasteiger partial charge is 0.497 e. The average molecular weight is 571 g/mol. The topological polar surface area (TPSA) is 71.3 Å². The molecule has 33 heavy (non-hydrogen) atoms. The van der Waals surface area contributed by atoms with Crippen LogP contribution in [-0.4, -0.2) is 70.5 Å². The van der Waals surface area contributed by atoms with Gasteiger partial charge in [-0.05, 0) is 55.5 Å². The van der Waals surface area contributed by atoms with Crippen LogP contribution in [0.15, 0.2) is 52.1 Å². The number of benzene rings is 1. The van der Waals surface area contributed by atoms with Crippen LogP contribution in [0.25, 0.3) is 0 Å². The Labute approximate surface area is 215 Å². The van der Waals surface area contributed by atoms with Gasteiger partial charge in [-0.3, -0.25) is 4.99 Å². The molecule has 3 rings (SSSR count). The van der Waals surface area contributed by atoms with E-state index in [1.54, 1.807) is 20.5 Å². The monoisotopic (exact) mass is 570 g/mol. The summed E-state index contributed by atoms with van der Waals surface area (Å²) in [5.41, 5.74) is 1.28. The lowest BCUT2D eigenvalue weighted by molar-refractivity contribution is 0.155. The first-order valence-electron chi connectivity index (χ1n) is 11.7. The van der Waals surface area contributed by atoms with Crippen molar-refractivity contribution in [2.45, 2.75) is 38.1 Å². The number of halogens is 1. The van der Waals surface area contributed by atoms with Crippen LogP contribution < -0.4 is 15.4 Å². The van der Waals surface area contributed by atoms with Crippen molar-refractivity contribution in [1.29, 1.82) is 0 Å². The highest BCUT2D eigenvalue weighted by atomic mass is 127. The van der Waals surface area contributed by atoms with Gasteiger partial charge in [0.2, 0.25) is 0 Å². The number of piperidine rings is 1. The van der Waals surface area contributed by atoms with Crippen LogP contribution >= 0.6 is 24.0 Å². The number of methoxy groups -OCH3 is 2. The molecule has 7 nitrogen and oxygen atoms in total. The molecule has 1 aromatic carbocycles. The minimum atomic E-state index is 0. The van der Waals surface area contributed by atoms with E-state index in [0.29, 0.717) is 12.6 Å². The van der Waals surface area contributed by atoms with E-state index in [1.807, 2.05) is 24.3 Å². The smallest absolute Gasteiger partial charge is 0.191 e. The van der Waals surface area contributed by atoms with Gasteiger partial charge >= 0.3 is 0 Å². The summed E-state index contributed by atoms with van der Waals surface area (Å²) < 4.78 is 15.9. The van der Waals surface area contributed by atoms with E-state index in [4.69, 9.17) is 18.9 Å². The van der Waals surface area contributed by atoms with Gasteiger partial charge in [-0.1, -0.05) is 12.1 Å². The molecule has 0 unspecified atom stereocenters. The van der Waals surface area contributed by atoms with E-state index in [2.05, 4.69) is 27.7 Å². The van der Waals surface area contributed by atoms with Crippen LogP contribution in [0, 0.1) is 0 Å². The highest BCUT2D eigenvalue weighted by Gasteiger charge is 2.19. The zero-order chi connectivity index (χ0) is 22.4. The third-order valence-corrected chi connectivity index (χ3v) is 5.82. The Kier molecular flexibility index (Phi) is 13.3.